The van der Waals surface area contributed by atoms with Crippen LogP contribution < -0.4 is 9.47 Å². The summed E-state index contributed by atoms with van der Waals surface area (Å²) in [6.45, 7) is -0.0740. The van der Waals surface area contributed by atoms with Crippen molar-refractivity contribution in [3.05, 3.63) is 22.2 Å². The van der Waals surface area contributed by atoms with Crippen LogP contribution in [0, 0.1) is 11.3 Å². The third kappa shape index (κ3) is 2.70. The number of hydrogen-bond acceptors (Lipinski definition) is 4. The quantitative estimate of drug-likeness (QED) is 0.787. The van der Waals surface area contributed by atoms with Gasteiger partial charge in [0.1, 0.15) is 12.4 Å². The van der Waals surface area contributed by atoms with Gasteiger partial charge in [-0.2, -0.15) is 5.26 Å². The van der Waals surface area contributed by atoms with Crippen LogP contribution in [-0.4, -0.2) is 20.0 Å². The molecule has 1 aromatic rings. The minimum absolute atomic E-state index is 0.0740. The summed E-state index contributed by atoms with van der Waals surface area (Å²) in [7, 11) is 1.47. The van der Waals surface area contributed by atoms with E-state index in [4.69, 9.17) is 14.7 Å². The zero-order chi connectivity index (χ0) is 11.3. The number of carbonyl (C=O) groups is 1. The van der Waals surface area contributed by atoms with Gasteiger partial charge in [-0.05, 0) is 28.1 Å². The van der Waals surface area contributed by atoms with E-state index in [0.29, 0.717) is 27.8 Å². The molecular weight excluding hydrogens is 262 g/mol. The summed E-state index contributed by atoms with van der Waals surface area (Å²) in [5.74, 6) is 0.839. The highest BCUT2D eigenvalue weighted by Crippen LogP contribution is 2.36. The fourth-order valence-corrected chi connectivity index (χ4v) is 1.63. The summed E-state index contributed by atoms with van der Waals surface area (Å²) in [5.41, 5.74) is 0.475. The molecule has 15 heavy (non-hydrogen) atoms. The Hall–Kier alpha value is -1.54. The lowest BCUT2D eigenvalue weighted by molar-refractivity contribution is 0.112. The maximum absolute atomic E-state index is 10.6. The fraction of sp³-hybridized carbons (Fsp3) is 0.200. The van der Waals surface area contributed by atoms with Crippen molar-refractivity contribution in [1.82, 2.24) is 0 Å². The van der Waals surface area contributed by atoms with Crippen LogP contribution in [0.2, 0.25) is 0 Å². The summed E-state index contributed by atoms with van der Waals surface area (Å²) < 4.78 is 10.8. The molecular formula is C10H8BrNO3. The van der Waals surface area contributed by atoms with E-state index in [9.17, 15) is 4.79 Å². The number of nitrogens with zero attached hydrogens (tertiary/aromatic N) is 1. The Bertz CT molecular complexity index is 412. The molecule has 78 valence electrons. The van der Waals surface area contributed by atoms with Crippen molar-refractivity contribution in [1.29, 1.82) is 5.26 Å². The highest BCUT2D eigenvalue weighted by Gasteiger charge is 2.11. The van der Waals surface area contributed by atoms with Crippen LogP contribution in [0.5, 0.6) is 11.5 Å². The Balaban J connectivity index is 3.13. The first kappa shape index (κ1) is 11.5. The van der Waals surface area contributed by atoms with Gasteiger partial charge >= 0.3 is 0 Å². The molecule has 1 aromatic carbocycles. The molecule has 0 fully saturated rings. The van der Waals surface area contributed by atoms with Gasteiger partial charge in [-0.25, -0.2) is 0 Å². The number of carbonyl (C=O) groups excluding carboxylic acids is 1. The maximum atomic E-state index is 10.6. The van der Waals surface area contributed by atoms with E-state index in [1.165, 1.54) is 7.11 Å². The number of nitriles is 1. The van der Waals surface area contributed by atoms with Gasteiger partial charge in [0.15, 0.2) is 18.1 Å². The van der Waals surface area contributed by atoms with Gasteiger partial charge in [0.25, 0.3) is 0 Å². The van der Waals surface area contributed by atoms with Crippen molar-refractivity contribution in [2.45, 2.75) is 0 Å². The average molecular weight is 270 g/mol. The minimum atomic E-state index is -0.0740. The molecule has 4 nitrogen and oxygen atoms in total. The zero-order valence-electron chi connectivity index (χ0n) is 7.99. The third-order valence-corrected chi connectivity index (χ3v) is 2.26. The molecule has 0 aliphatic rings. The van der Waals surface area contributed by atoms with Crippen molar-refractivity contribution in [3.63, 3.8) is 0 Å². The molecule has 0 N–H and O–H groups in total. The third-order valence-electron chi connectivity index (χ3n) is 1.67. The SMILES string of the molecule is COc1cc(C=O)cc(Br)c1OCC#N. The van der Waals surface area contributed by atoms with E-state index in [0.717, 1.165) is 0 Å². The first-order chi connectivity index (χ1) is 7.22. The first-order valence-corrected chi connectivity index (χ1v) is 4.84. The number of benzene rings is 1. The number of rotatable bonds is 4. The molecule has 0 heterocycles. The van der Waals surface area contributed by atoms with Crippen LogP contribution in [0.1, 0.15) is 10.4 Å². The van der Waals surface area contributed by atoms with Crippen LogP contribution >= 0.6 is 15.9 Å². The molecule has 0 aliphatic carbocycles. The Morgan fingerprint density at radius 2 is 2.33 bits per heavy atom. The van der Waals surface area contributed by atoms with Crippen molar-refractivity contribution < 1.29 is 14.3 Å². The highest BCUT2D eigenvalue weighted by molar-refractivity contribution is 9.10. The summed E-state index contributed by atoms with van der Waals surface area (Å²) in [4.78, 5) is 10.6. The number of ether oxygens (including phenoxy) is 2. The molecule has 0 aliphatic heterocycles. The fourth-order valence-electron chi connectivity index (χ4n) is 1.05. The molecule has 1 rings (SSSR count). The molecule has 0 atom stereocenters. The van der Waals surface area contributed by atoms with Crippen molar-refractivity contribution in [2.24, 2.45) is 0 Å². The molecule has 0 saturated heterocycles. The lowest BCUT2D eigenvalue weighted by Gasteiger charge is -2.10. The molecule has 0 amide bonds. The average Bonchev–Trinajstić information content (AvgIpc) is 2.26. The Labute approximate surface area is 95.5 Å². The molecule has 0 spiro atoms. The Kier molecular flexibility index (Phi) is 4.13. The summed E-state index contributed by atoms with van der Waals surface area (Å²) in [5, 5.41) is 8.40. The summed E-state index contributed by atoms with van der Waals surface area (Å²) in [6.07, 6.45) is 0.710. The van der Waals surface area contributed by atoms with Crippen LogP contribution in [0.15, 0.2) is 16.6 Å². The van der Waals surface area contributed by atoms with Crippen LogP contribution in [0.25, 0.3) is 0 Å². The summed E-state index contributed by atoms with van der Waals surface area (Å²) in [6, 6.07) is 5.00. The number of halogens is 1. The predicted octanol–water partition coefficient (Wildman–Crippen LogP) is 2.17. The predicted molar refractivity (Wildman–Crippen MR) is 57.2 cm³/mol. The lowest BCUT2D eigenvalue weighted by atomic mass is 10.2. The molecule has 5 heteroatoms. The second kappa shape index (κ2) is 5.37. The van der Waals surface area contributed by atoms with E-state index >= 15 is 0 Å². The number of aldehydes is 1. The van der Waals surface area contributed by atoms with Crippen LogP contribution in [-0.2, 0) is 0 Å². The lowest BCUT2D eigenvalue weighted by Crippen LogP contribution is -1.98. The van der Waals surface area contributed by atoms with E-state index in [2.05, 4.69) is 15.9 Å². The van der Waals surface area contributed by atoms with Crippen molar-refractivity contribution >= 4 is 22.2 Å². The molecule has 0 unspecified atom stereocenters. The van der Waals surface area contributed by atoms with Crippen LogP contribution in [0.4, 0.5) is 0 Å². The topological polar surface area (TPSA) is 59.3 Å². The van der Waals surface area contributed by atoms with Gasteiger partial charge in [0.2, 0.25) is 0 Å². The largest absolute Gasteiger partial charge is 0.493 e. The molecule has 0 bridgehead atoms. The van der Waals surface area contributed by atoms with Gasteiger partial charge in [0, 0.05) is 5.56 Å². The number of hydrogen-bond donors (Lipinski definition) is 0. The van der Waals surface area contributed by atoms with E-state index in [1.54, 1.807) is 12.1 Å². The van der Waals surface area contributed by atoms with E-state index < -0.39 is 0 Å². The first-order valence-electron chi connectivity index (χ1n) is 4.05. The van der Waals surface area contributed by atoms with E-state index in [-0.39, 0.29) is 6.61 Å². The van der Waals surface area contributed by atoms with Crippen molar-refractivity contribution in [3.8, 4) is 17.6 Å². The second-order valence-corrected chi connectivity index (χ2v) is 3.45. The number of methoxy groups -OCH3 is 1. The molecule has 0 radical (unpaired) electrons. The van der Waals surface area contributed by atoms with Gasteiger partial charge in [-0.15, -0.1) is 0 Å². The Morgan fingerprint density at radius 1 is 1.60 bits per heavy atom. The smallest absolute Gasteiger partial charge is 0.176 e. The maximum Gasteiger partial charge on any atom is 0.176 e. The summed E-state index contributed by atoms with van der Waals surface area (Å²) >= 11 is 3.24. The minimum Gasteiger partial charge on any atom is -0.493 e. The highest BCUT2D eigenvalue weighted by atomic mass is 79.9. The normalized spacial score (nSPS) is 9.13. The standard InChI is InChI=1S/C10H8BrNO3/c1-14-9-5-7(6-13)4-8(11)10(9)15-3-2-12/h4-6H,3H2,1H3. The van der Waals surface area contributed by atoms with E-state index in [1.807, 2.05) is 6.07 Å². The molecule has 0 saturated carbocycles. The second-order valence-electron chi connectivity index (χ2n) is 2.60. The Morgan fingerprint density at radius 3 is 2.87 bits per heavy atom. The van der Waals surface area contributed by atoms with Gasteiger partial charge in [-0.1, -0.05) is 0 Å². The zero-order valence-corrected chi connectivity index (χ0v) is 9.58. The van der Waals surface area contributed by atoms with Gasteiger partial charge in [-0.3, -0.25) is 4.79 Å². The van der Waals surface area contributed by atoms with Crippen LogP contribution in [0.3, 0.4) is 0 Å². The van der Waals surface area contributed by atoms with Crippen molar-refractivity contribution in [2.75, 3.05) is 13.7 Å². The molecule has 0 aromatic heterocycles. The monoisotopic (exact) mass is 269 g/mol. The van der Waals surface area contributed by atoms with Gasteiger partial charge < -0.3 is 9.47 Å². The van der Waals surface area contributed by atoms with Gasteiger partial charge in [0.05, 0.1) is 11.6 Å².